The average Bonchev–Trinajstić information content (AvgIpc) is 3.38. The van der Waals surface area contributed by atoms with Crippen molar-refractivity contribution in [2.75, 3.05) is 13.1 Å². The van der Waals surface area contributed by atoms with Crippen molar-refractivity contribution in [1.29, 1.82) is 0 Å². The third-order valence-corrected chi connectivity index (χ3v) is 7.01. The molecule has 0 N–H and O–H groups in total. The Labute approximate surface area is 216 Å². The maximum Gasteiger partial charge on any atom is 0.334 e. The van der Waals surface area contributed by atoms with Crippen molar-refractivity contribution in [3.8, 4) is 0 Å². The van der Waals surface area contributed by atoms with Crippen LogP contribution in [0.25, 0.3) is 6.08 Å². The predicted molar refractivity (Wildman–Crippen MR) is 139 cm³/mol. The van der Waals surface area contributed by atoms with Gasteiger partial charge in [0, 0.05) is 12.5 Å². The second-order valence-corrected chi connectivity index (χ2v) is 10.1. The second-order valence-electron chi connectivity index (χ2n) is 10.1. The molecular formula is C29H30N4O4. The molecule has 2 fully saturated rings. The number of hydrazone groups is 1. The highest BCUT2D eigenvalue weighted by molar-refractivity contribution is 6.45. The zero-order valence-electron chi connectivity index (χ0n) is 21.0. The molecule has 3 aliphatic rings. The fraction of sp³-hybridized carbons (Fsp3) is 0.345. The standard InChI is InChI=1S/C29H30N4O4/c1-19(2)17-31-27(35)28(36)32(29(31)37)18-24(34)33-26(21-12-7-4-8-13-21)23-15-9-14-22(25(23)30-33)16-20-10-5-3-6-11-20/h3-8,10-13,16,19,23,26H,9,14-15,17-18H2,1-2H3/b22-16+/t23-,26+/m1/s1. The highest BCUT2D eigenvalue weighted by Gasteiger charge is 2.48. The van der Waals surface area contributed by atoms with Crippen LogP contribution in [0.15, 0.2) is 71.3 Å². The van der Waals surface area contributed by atoms with Gasteiger partial charge in [0.05, 0.1) is 11.8 Å². The van der Waals surface area contributed by atoms with Crippen molar-refractivity contribution in [3.05, 3.63) is 77.4 Å². The Kier molecular flexibility index (Phi) is 6.74. The molecule has 0 aromatic heterocycles. The molecule has 8 heteroatoms. The summed E-state index contributed by atoms with van der Waals surface area (Å²) < 4.78 is 0. The Morgan fingerprint density at radius 1 is 0.973 bits per heavy atom. The number of carbonyl (C=O) groups excluding carboxylic acids is 4. The maximum atomic E-state index is 13.6. The Morgan fingerprint density at radius 3 is 2.30 bits per heavy atom. The highest BCUT2D eigenvalue weighted by Crippen LogP contribution is 2.44. The van der Waals surface area contributed by atoms with Crippen LogP contribution in [-0.2, 0) is 14.4 Å². The van der Waals surface area contributed by atoms with E-state index in [9.17, 15) is 19.2 Å². The summed E-state index contributed by atoms with van der Waals surface area (Å²) in [5.74, 6) is -2.35. The van der Waals surface area contributed by atoms with E-state index in [1.54, 1.807) is 0 Å². The predicted octanol–water partition coefficient (Wildman–Crippen LogP) is 4.26. The van der Waals surface area contributed by atoms with Crippen LogP contribution in [0, 0.1) is 11.8 Å². The van der Waals surface area contributed by atoms with Gasteiger partial charge < -0.3 is 0 Å². The SMILES string of the molecule is CC(C)CN1C(=O)C(=O)N(CC(=O)N2N=C3/C(=C/c4ccccc4)CCC[C@H]3[C@@H]2c2ccccc2)C1=O. The molecule has 2 atom stereocenters. The molecule has 37 heavy (non-hydrogen) atoms. The smallest absolute Gasteiger partial charge is 0.271 e. The van der Waals surface area contributed by atoms with Gasteiger partial charge in [-0.1, -0.05) is 74.5 Å². The zero-order valence-corrected chi connectivity index (χ0v) is 21.0. The summed E-state index contributed by atoms with van der Waals surface area (Å²) in [6.07, 6.45) is 4.82. The van der Waals surface area contributed by atoms with Crippen molar-refractivity contribution in [1.82, 2.24) is 14.8 Å². The molecule has 5 rings (SSSR count). The molecule has 2 aromatic carbocycles. The number of urea groups is 1. The van der Waals surface area contributed by atoms with E-state index < -0.39 is 30.3 Å². The minimum Gasteiger partial charge on any atom is -0.271 e. The molecule has 0 unspecified atom stereocenters. The van der Waals surface area contributed by atoms with Gasteiger partial charge in [0.25, 0.3) is 5.91 Å². The number of rotatable bonds is 6. The van der Waals surface area contributed by atoms with Crippen LogP contribution >= 0.6 is 0 Å². The van der Waals surface area contributed by atoms with E-state index in [-0.39, 0.29) is 24.4 Å². The molecule has 1 aliphatic carbocycles. The van der Waals surface area contributed by atoms with Crippen molar-refractivity contribution in [2.45, 2.75) is 39.2 Å². The molecule has 2 heterocycles. The first-order valence-electron chi connectivity index (χ1n) is 12.7. The normalized spacial score (nSPS) is 22.8. The van der Waals surface area contributed by atoms with Gasteiger partial charge in [-0.15, -0.1) is 0 Å². The third-order valence-electron chi connectivity index (χ3n) is 7.01. The van der Waals surface area contributed by atoms with E-state index in [0.29, 0.717) is 0 Å². The summed E-state index contributed by atoms with van der Waals surface area (Å²) in [6.45, 7) is 3.31. The van der Waals surface area contributed by atoms with E-state index in [2.05, 4.69) is 6.08 Å². The van der Waals surface area contributed by atoms with Crippen LogP contribution in [0.1, 0.15) is 50.3 Å². The van der Waals surface area contributed by atoms with Gasteiger partial charge in [0.1, 0.15) is 6.54 Å². The number of hydrogen-bond donors (Lipinski definition) is 0. The largest absolute Gasteiger partial charge is 0.334 e. The lowest BCUT2D eigenvalue weighted by molar-refractivity contribution is -0.145. The fourth-order valence-corrected chi connectivity index (χ4v) is 5.36. The summed E-state index contributed by atoms with van der Waals surface area (Å²) in [7, 11) is 0. The zero-order chi connectivity index (χ0) is 26.1. The topological polar surface area (TPSA) is 90.4 Å². The molecule has 2 aliphatic heterocycles. The molecule has 5 amide bonds. The first kappa shape index (κ1) is 24.6. The number of benzene rings is 2. The highest BCUT2D eigenvalue weighted by atomic mass is 16.2. The lowest BCUT2D eigenvalue weighted by Crippen LogP contribution is -2.43. The number of imide groups is 2. The van der Waals surface area contributed by atoms with Gasteiger partial charge in [-0.05, 0) is 48.0 Å². The van der Waals surface area contributed by atoms with E-state index >= 15 is 0 Å². The van der Waals surface area contributed by atoms with Crippen molar-refractivity contribution < 1.29 is 19.2 Å². The van der Waals surface area contributed by atoms with Gasteiger partial charge in [0.15, 0.2) is 0 Å². The van der Waals surface area contributed by atoms with E-state index in [4.69, 9.17) is 5.10 Å². The molecule has 1 saturated carbocycles. The average molecular weight is 499 g/mol. The van der Waals surface area contributed by atoms with Crippen LogP contribution in [0.3, 0.4) is 0 Å². The van der Waals surface area contributed by atoms with Gasteiger partial charge in [-0.2, -0.15) is 5.10 Å². The number of hydrogen-bond acceptors (Lipinski definition) is 5. The van der Waals surface area contributed by atoms with Crippen molar-refractivity contribution >= 4 is 35.5 Å². The molecule has 8 nitrogen and oxygen atoms in total. The molecule has 0 bridgehead atoms. The lowest BCUT2D eigenvalue weighted by atomic mass is 9.77. The Hall–Kier alpha value is -4.07. The Bertz CT molecular complexity index is 1290. The molecule has 190 valence electrons. The summed E-state index contributed by atoms with van der Waals surface area (Å²) in [4.78, 5) is 53.2. The molecule has 1 saturated heterocycles. The Balaban J connectivity index is 1.47. The van der Waals surface area contributed by atoms with E-state index in [0.717, 1.165) is 51.5 Å². The first-order chi connectivity index (χ1) is 17.8. The molecule has 0 spiro atoms. The number of allylic oxidation sites excluding steroid dienone is 1. The second kappa shape index (κ2) is 10.1. The van der Waals surface area contributed by atoms with Gasteiger partial charge >= 0.3 is 17.8 Å². The summed E-state index contributed by atoms with van der Waals surface area (Å²) >= 11 is 0. The van der Waals surface area contributed by atoms with Gasteiger partial charge in [-0.3, -0.25) is 19.3 Å². The van der Waals surface area contributed by atoms with Crippen LogP contribution < -0.4 is 0 Å². The summed E-state index contributed by atoms with van der Waals surface area (Å²) in [6, 6.07) is 18.6. The maximum absolute atomic E-state index is 13.6. The van der Waals surface area contributed by atoms with Crippen LogP contribution in [0.5, 0.6) is 0 Å². The third kappa shape index (κ3) is 4.71. The lowest BCUT2D eigenvalue weighted by Gasteiger charge is -2.30. The molecule has 2 aromatic rings. The van der Waals surface area contributed by atoms with Crippen LogP contribution in [0.4, 0.5) is 4.79 Å². The van der Waals surface area contributed by atoms with Gasteiger partial charge in [0.2, 0.25) is 0 Å². The molecular weight excluding hydrogens is 468 g/mol. The van der Waals surface area contributed by atoms with Crippen molar-refractivity contribution in [3.63, 3.8) is 0 Å². The monoisotopic (exact) mass is 498 g/mol. The van der Waals surface area contributed by atoms with Crippen LogP contribution in [0.2, 0.25) is 0 Å². The fourth-order valence-electron chi connectivity index (χ4n) is 5.36. The van der Waals surface area contributed by atoms with Gasteiger partial charge in [-0.25, -0.2) is 14.7 Å². The summed E-state index contributed by atoms with van der Waals surface area (Å²) in [5, 5.41) is 6.23. The van der Waals surface area contributed by atoms with Crippen molar-refractivity contribution in [2.24, 2.45) is 16.9 Å². The number of fused-ring (bicyclic) bond motifs is 1. The number of nitrogens with zero attached hydrogens (tertiary/aromatic N) is 4. The first-order valence-corrected chi connectivity index (χ1v) is 12.7. The quantitative estimate of drug-likeness (QED) is 0.440. The van der Waals surface area contributed by atoms with E-state index in [1.165, 1.54) is 5.01 Å². The van der Waals surface area contributed by atoms with Crippen LogP contribution in [-0.4, -0.2) is 57.4 Å². The van der Waals surface area contributed by atoms with E-state index in [1.807, 2.05) is 74.5 Å². The number of amides is 5. The number of carbonyl (C=O) groups is 4. The Morgan fingerprint density at radius 2 is 1.62 bits per heavy atom. The minimum atomic E-state index is -0.968. The minimum absolute atomic E-state index is 0.000820. The summed E-state index contributed by atoms with van der Waals surface area (Å²) in [5.41, 5.74) is 3.97. The molecule has 0 radical (unpaired) electrons.